The van der Waals surface area contributed by atoms with Crippen molar-refractivity contribution in [1.29, 1.82) is 0 Å². The highest BCUT2D eigenvalue weighted by Gasteiger charge is 2.05. The molecule has 0 aliphatic rings. The zero-order valence-electron chi connectivity index (χ0n) is 9.68. The number of carbonyl (C=O) groups excluding carboxylic acids is 1. The maximum Gasteiger partial charge on any atom is 0.319 e. The van der Waals surface area contributed by atoms with Crippen molar-refractivity contribution in [2.45, 2.75) is 0 Å². The lowest BCUT2D eigenvalue weighted by atomic mass is 10.3. The smallest absolute Gasteiger partial charge is 0.319 e. The topological polar surface area (TPSA) is 38.8 Å². The van der Waals surface area contributed by atoms with Gasteiger partial charge in [0.15, 0.2) is 0 Å². The fraction of sp³-hybridized carbons (Fsp3) is 0.417. The molecule has 1 rings (SSSR count). The van der Waals surface area contributed by atoms with Crippen LogP contribution in [0.5, 0.6) is 5.75 Å². The summed E-state index contributed by atoms with van der Waals surface area (Å²) in [6.07, 6.45) is 0. The predicted molar refractivity (Wildman–Crippen MR) is 61.5 cm³/mol. The van der Waals surface area contributed by atoms with Crippen molar-refractivity contribution >= 4 is 5.97 Å². The van der Waals surface area contributed by atoms with Gasteiger partial charge in [-0.3, -0.25) is 9.69 Å². The van der Waals surface area contributed by atoms with Crippen LogP contribution in [0.25, 0.3) is 0 Å². The number of carbonyl (C=O) groups is 1. The van der Waals surface area contributed by atoms with Crippen molar-refractivity contribution in [2.75, 3.05) is 33.9 Å². The Kier molecular flexibility index (Phi) is 5.36. The van der Waals surface area contributed by atoms with Crippen LogP contribution in [0.3, 0.4) is 0 Å². The number of esters is 1. The van der Waals surface area contributed by atoms with E-state index in [1.54, 1.807) is 0 Å². The SMILES string of the molecule is COC(=O)CN(C)CCOc1ccccc1. The van der Waals surface area contributed by atoms with Gasteiger partial charge in [-0.2, -0.15) is 0 Å². The fourth-order valence-electron chi connectivity index (χ4n) is 1.20. The Morgan fingerprint density at radius 3 is 2.62 bits per heavy atom. The summed E-state index contributed by atoms with van der Waals surface area (Å²) in [4.78, 5) is 12.8. The van der Waals surface area contributed by atoms with Gasteiger partial charge in [-0.15, -0.1) is 0 Å². The van der Waals surface area contributed by atoms with E-state index in [4.69, 9.17) is 4.74 Å². The zero-order chi connectivity index (χ0) is 11.8. The van der Waals surface area contributed by atoms with Crippen molar-refractivity contribution in [3.63, 3.8) is 0 Å². The molecular formula is C12H17NO3. The number of hydrogen-bond acceptors (Lipinski definition) is 4. The number of ether oxygens (including phenoxy) is 2. The molecule has 0 amide bonds. The molecule has 0 saturated heterocycles. The first kappa shape index (κ1) is 12.5. The number of methoxy groups -OCH3 is 1. The first-order chi connectivity index (χ1) is 7.72. The van der Waals surface area contributed by atoms with Crippen LogP contribution in [0.15, 0.2) is 30.3 Å². The molecule has 1 aromatic carbocycles. The average Bonchev–Trinajstić information content (AvgIpc) is 2.30. The lowest BCUT2D eigenvalue weighted by Gasteiger charge is -2.15. The second-order valence-electron chi connectivity index (χ2n) is 3.48. The molecule has 0 aromatic heterocycles. The second kappa shape index (κ2) is 6.85. The van der Waals surface area contributed by atoms with Crippen LogP contribution in [0.1, 0.15) is 0 Å². The van der Waals surface area contributed by atoms with Crippen molar-refractivity contribution in [2.24, 2.45) is 0 Å². The van der Waals surface area contributed by atoms with Gasteiger partial charge in [-0.1, -0.05) is 18.2 Å². The van der Waals surface area contributed by atoms with E-state index in [2.05, 4.69) is 4.74 Å². The minimum absolute atomic E-state index is 0.234. The van der Waals surface area contributed by atoms with Crippen molar-refractivity contribution in [3.8, 4) is 5.75 Å². The van der Waals surface area contributed by atoms with Crippen LogP contribution in [0.4, 0.5) is 0 Å². The van der Waals surface area contributed by atoms with Crippen LogP contribution >= 0.6 is 0 Å². The number of hydrogen-bond donors (Lipinski definition) is 0. The predicted octanol–water partition coefficient (Wildman–Crippen LogP) is 1.17. The van der Waals surface area contributed by atoms with Gasteiger partial charge in [0.1, 0.15) is 12.4 Å². The molecule has 4 heteroatoms. The summed E-state index contributed by atoms with van der Waals surface area (Å²) in [5.41, 5.74) is 0. The van der Waals surface area contributed by atoms with Gasteiger partial charge in [0.05, 0.1) is 13.7 Å². The van der Waals surface area contributed by atoms with E-state index in [0.29, 0.717) is 13.2 Å². The first-order valence-corrected chi connectivity index (χ1v) is 5.15. The van der Waals surface area contributed by atoms with Crippen molar-refractivity contribution in [1.82, 2.24) is 4.90 Å². The van der Waals surface area contributed by atoms with E-state index < -0.39 is 0 Å². The molecule has 0 spiro atoms. The molecule has 0 aliphatic heterocycles. The highest BCUT2D eigenvalue weighted by atomic mass is 16.5. The van der Waals surface area contributed by atoms with Gasteiger partial charge in [0, 0.05) is 6.54 Å². The number of rotatable bonds is 6. The standard InChI is InChI=1S/C12H17NO3/c1-13(10-12(14)15-2)8-9-16-11-6-4-3-5-7-11/h3-7H,8-10H2,1-2H3. The minimum Gasteiger partial charge on any atom is -0.492 e. The molecule has 0 heterocycles. The highest BCUT2D eigenvalue weighted by molar-refractivity contribution is 5.71. The van der Waals surface area contributed by atoms with Gasteiger partial charge >= 0.3 is 5.97 Å². The summed E-state index contributed by atoms with van der Waals surface area (Å²) in [5.74, 6) is 0.608. The van der Waals surface area contributed by atoms with E-state index >= 15 is 0 Å². The van der Waals surface area contributed by atoms with Gasteiger partial charge in [-0.05, 0) is 19.2 Å². The zero-order valence-corrected chi connectivity index (χ0v) is 9.68. The summed E-state index contributed by atoms with van der Waals surface area (Å²) in [6.45, 7) is 1.52. The molecule has 0 aliphatic carbocycles. The second-order valence-corrected chi connectivity index (χ2v) is 3.48. The van der Waals surface area contributed by atoms with E-state index in [0.717, 1.165) is 5.75 Å². The van der Waals surface area contributed by atoms with Crippen LogP contribution in [0, 0.1) is 0 Å². The Morgan fingerprint density at radius 1 is 1.31 bits per heavy atom. The summed E-state index contributed by atoms with van der Waals surface area (Å²) in [6, 6.07) is 9.60. The number of benzene rings is 1. The van der Waals surface area contributed by atoms with Crippen LogP contribution in [0.2, 0.25) is 0 Å². The molecule has 0 atom stereocenters. The molecule has 4 nitrogen and oxygen atoms in total. The third-order valence-electron chi connectivity index (χ3n) is 2.11. The third kappa shape index (κ3) is 4.79. The molecule has 1 aromatic rings. The summed E-state index contributed by atoms with van der Waals surface area (Å²) in [5, 5.41) is 0. The molecule has 88 valence electrons. The van der Waals surface area contributed by atoms with Crippen LogP contribution < -0.4 is 4.74 Å². The molecule has 0 N–H and O–H groups in total. The largest absolute Gasteiger partial charge is 0.492 e. The van der Waals surface area contributed by atoms with Gasteiger partial charge in [0.2, 0.25) is 0 Å². The monoisotopic (exact) mass is 223 g/mol. The molecule has 16 heavy (non-hydrogen) atoms. The normalized spacial score (nSPS) is 10.2. The molecule has 0 radical (unpaired) electrons. The Labute approximate surface area is 95.8 Å². The van der Waals surface area contributed by atoms with E-state index in [-0.39, 0.29) is 12.5 Å². The molecule has 0 fully saturated rings. The molecule has 0 bridgehead atoms. The third-order valence-corrected chi connectivity index (χ3v) is 2.11. The van der Waals surface area contributed by atoms with Crippen molar-refractivity contribution < 1.29 is 14.3 Å². The average molecular weight is 223 g/mol. The minimum atomic E-state index is -0.234. The van der Waals surface area contributed by atoms with Gasteiger partial charge in [-0.25, -0.2) is 0 Å². The maximum absolute atomic E-state index is 11.0. The lowest BCUT2D eigenvalue weighted by molar-refractivity contribution is -0.141. The number of para-hydroxylation sites is 1. The number of likely N-dealkylation sites (N-methyl/N-ethyl adjacent to an activating group) is 1. The Bertz CT molecular complexity index is 313. The maximum atomic E-state index is 11.0. The lowest BCUT2D eigenvalue weighted by Crippen LogP contribution is -2.30. The highest BCUT2D eigenvalue weighted by Crippen LogP contribution is 2.07. The Morgan fingerprint density at radius 2 is 2.00 bits per heavy atom. The number of nitrogens with zero attached hydrogens (tertiary/aromatic N) is 1. The molecular weight excluding hydrogens is 206 g/mol. The quantitative estimate of drug-likeness (QED) is 0.679. The van der Waals surface area contributed by atoms with E-state index in [1.165, 1.54) is 7.11 Å². The summed E-state index contributed by atoms with van der Waals surface area (Å²) < 4.78 is 10.1. The van der Waals surface area contributed by atoms with E-state index in [1.807, 2.05) is 42.3 Å². The first-order valence-electron chi connectivity index (χ1n) is 5.15. The van der Waals surface area contributed by atoms with Crippen LogP contribution in [-0.4, -0.2) is 44.7 Å². The molecule has 0 saturated carbocycles. The summed E-state index contributed by atoms with van der Waals surface area (Å²) >= 11 is 0. The summed E-state index contributed by atoms with van der Waals surface area (Å²) in [7, 11) is 3.24. The Balaban J connectivity index is 2.18. The fourth-order valence-corrected chi connectivity index (χ4v) is 1.20. The van der Waals surface area contributed by atoms with Crippen LogP contribution in [-0.2, 0) is 9.53 Å². The van der Waals surface area contributed by atoms with E-state index in [9.17, 15) is 4.79 Å². The molecule has 0 unspecified atom stereocenters. The van der Waals surface area contributed by atoms with Gasteiger partial charge < -0.3 is 9.47 Å². The Hall–Kier alpha value is -1.55. The van der Waals surface area contributed by atoms with Crippen molar-refractivity contribution in [3.05, 3.63) is 30.3 Å². The van der Waals surface area contributed by atoms with Gasteiger partial charge in [0.25, 0.3) is 0 Å².